The maximum absolute atomic E-state index is 13.3. The van der Waals surface area contributed by atoms with E-state index in [4.69, 9.17) is 4.74 Å². The third-order valence-electron chi connectivity index (χ3n) is 4.97. The van der Waals surface area contributed by atoms with Gasteiger partial charge in [0.15, 0.2) is 0 Å². The SMILES string of the molecule is CC[C@@H](C(=O)NC)N(Cc1cccc(OC)c1)C(=O)Cc1cc(C)ccc1C. The van der Waals surface area contributed by atoms with Crippen LogP contribution in [0.1, 0.15) is 35.6 Å². The second-order valence-corrected chi connectivity index (χ2v) is 7.02. The van der Waals surface area contributed by atoms with Gasteiger partial charge in [0.1, 0.15) is 11.8 Å². The molecule has 0 unspecified atom stereocenters. The van der Waals surface area contributed by atoms with Crippen LogP contribution in [0.2, 0.25) is 0 Å². The van der Waals surface area contributed by atoms with Gasteiger partial charge in [0, 0.05) is 13.6 Å². The molecule has 1 atom stereocenters. The summed E-state index contributed by atoms with van der Waals surface area (Å²) in [7, 11) is 3.21. The number of rotatable bonds is 8. The predicted octanol–water partition coefficient (Wildman–Crippen LogP) is 3.41. The van der Waals surface area contributed by atoms with Gasteiger partial charge in [0.2, 0.25) is 11.8 Å². The van der Waals surface area contributed by atoms with Crippen LogP contribution in [0.5, 0.6) is 5.75 Å². The van der Waals surface area contributed by atoms with Gasteiger partial charge in [-0.1, -0.05) is 42.8 Å². The van der Waals surface area contributed by atoms with E-state index in [-0.39, 0.29) is 18.2 Å². The summed E-state index contributed by atoms with van der Waals surface area (Å²) in [5.74, 6) is 0.513. The van der Waals surface area contributed by atoms with E-state index in [9.17, 15) is 9.59 Å². The number of likely N-dealkylation sites (N-methyl/N-ethyl adjacent to an activating group) is 1. The van der Waals surface area contributed by atoms with E-state index < -0.39 is 6.04 Å². The van der Waals surface area contributed by atoms with Crippen molar-refractivity contribution in [1.82, 2.24) is 10.2 Å². The molecule has 0 bridgehead atoms. The maximum atomic E-state index is 13.3. The molecule has 5 heteroatoms. The van der Waals surface area contributed by atoms with Gasteiger partial charge >= 0.3 is 0 Å². The summed E-state index contributed by atoms with van der Waals surface area (Å²) in [6.07, 6.45) is 0.813. The van der Waals surface area contributed by atoms with Crippen LogP contribution in [-0.4, -0.2) is 36.9 Å². The summed E-state index contributed by atoms with van der Waals surface area (Å²) in [5, 5.41) is 2.69. The monoisotopic (exact) mass is 382 g/mol. The molecule has 28 heavy (non-hydrogen) atoms. The molecule has 0 heterocycles. The van der Waals surface area contributed by atoms with Crippen LogP contribution >= 0.6 is 0 Å². The quantitative estimate of drug-likeness (QED) is 0.761. The Kier molecular flexibility index (Phi) is 7.61. The van der Waals surface area contributed by atoms with Crippen molar-refractivity contribution in [3.63, 3.8) is 0 Å². The number of ether oxygens (including phenoxy) is 1. The number of hydrogen-bond acceptors (Lipinski definition) is 3. The lowest BCUT2D eigenvalue weighted by Gasteiger charge is -2.30. The van der Waals surface area contributed by atoms with Crippen molar-refractivity contribution < 1.29 is 14.3 Å². The Labute approximate surface area is 167 Å². The highest BCUT2D eigenvalue weighted by molar-refractivity contribution is 5.88. The summed E-state index contributed by atoms with van der Waals surface area (Å²) < 4.78 is 5.29. The maximum Gasteiger partial charge on any atom is 0.242 e. The molecule has 5 nitrogen and oxygen atoms in total. The molecule has 2 aromatic carbocycles. The number of amides is 2. The first kappa shape index (κ1) is 21.5. The zero-order chi connectivity index (χ0) is 20.7. The fourth-order valence-electron chi connectivity index (χ4n) is 3.31. The third kappa shape index (κ3) is 5.35. The largest absolute Gasteiger partial charge is 0.497 e. The Hall–Kier alpha value is -2.82. The summed E-state index contributed by atoms with van der Waals surface area (Å²) in [5.41, 5.74) is 4.11. The topological polar surface area (TPSA) is 58.6 Å². The van der Waals surface area contributed by atoms with Gasteiger partial charge in [-0.2, -0.15) is 0 Å². The summed E-state index contributed by atoms with van der Waals surface area (Å²) >= 11 is 0. The molecule has 0 spiro atoms. The van der Waals surface area contributed by atoms with Gasteiger partial charge in [-0.05, 0) is 49.1 Å². The number of aryl methyl sites for hydroxylation is 2. The molecule has 0 saturated heterocycles. The second-order valence-electron chi connectivity index (χ2n) is 7.02. The van der Waals surface area contributed by atoms with Crippen LogP contribution in [0.4, 0.5) is 0 Å². The lowest BCUT2D eigenvalue weighted by atomic mass is 10.0. The second kappa shape index (κ2) is 9.93. The zero-order valence-electron chi connectivity index (χ0n) is 17.4. The van der Waals surface area contributed by atoms with Gasteiger partial charge in [-0.3, -0.25) is 9.59 Å². The molecule has 0 fully saturated rings. The average molecular weight is 383 g/mol. The molecule has 0 radical (unpaired) electrons. The van der Waals surface area contributed by atoms with E-state index in [1.54, 1.807) is 19.1 Å². The van der Waals surface area contributed by atoms with Crippen molar-refractivity contribution in [3.05, 3.63) is 64.7 Å². The number of nitrogens with one attached hydrogen (secondary N) is 1. The first-order valence-corrected chi connectivity index (χ1v) is 9.59. The highest BCUT2D eigenvalue weighted by atomic mass is 16.5. The molecule has 0 aliphatic carbocycles. The Bertz CT molecular complexity index is 832. The van der Waals surface area contributed by atoms with Crippen molar-refractivity contribution in [2.75, 3.05) is 14.2 Å². The molecule has 2 rings (SSSR count). The first-order chi connectivity index (χ1) is 13.4. The van der Waals surface area contributed by atoms with Crippen LogP contribution in [0, 0.1) is 13.8 Å². The fourth-order valence-corrected chi connectivity index (χ4v) is 3.31. The van der Waals surface area contributed by atoms with Crippen molar-refractivity contribution >= 4 is 11.8 Å². The number of carbonyl (C=O) groups is 2. The van der Waals surface area contributed by atoms with Crippen LogP contribution in [-0.2, 0) is 22.6 Å². The molecule has 0 saturated carbocycles. The normalized spacial score (nSPS) is 11.6. The Morgan fingerprint density at radius 3 is 2.54 bits per heavy atom. The smallest absolute Gasteiger partial charge is 0.242 e. The number of carbonyl (C=O) groups excluding carboxylic acids is 2. The Morgan fingerprint density at radius 2 is 1.89 bits per heavy atom. The van der Waals surface area contributed by atoms with Crippen LogP contribution in [0.15, 0.2) is 42.5 Å². The molecular weight excluding hydrogens is 352 g/mol. The molecule has 2 aromatic rings. The van der Waals surface area contributed by atoms with E-state index in [0.717, 1.165) is 28.0 Å². The minimum absolute atomic E-state index is 0.0630. The van der Waals surface area contributed by atoms with E-state index in [2.05, 4.69) is 5.32 Å². The van der Waals surface area contributed by atoms with Gasteiger partial charge in [-0.15, -0.1) is 0 Å². The van der Waals surface area contributed by atoms with Crippen molar-refractivity contribution in [2.45, 2.75) is 46.2 Å². The molecular formula is C23H30N2O3. The molecule has 2 amide bonds. The van der Waals surface area contributed by atoms with Crippen LogP contribution in [0.3, 0.4) is 0 Å². The predicted molar refractivity (Wildman–Crippen MR) is 111 cm³/mol. The van der Waals surface area contributed by atoms with E-state index in [1.807, 2.05) is 63.2 Å². The van der Waals surface area contributed by atoms with Gasteiger partial charge in [0.05, 0.1) is 13.5 Å². The van der Waals surface area contributed by atoms with E-state index in [0.29, 0.717) is 13.0 Å². The van der Waals surface area contributed by atoms with Crippen LogP contribution in [0.25, 0.3) is 0 Å². The average Bonchev–Trinajstić information content (AvgIpc) is 2.70. The summed E-state index contributed by atoms with van der Waals surface area (Å²) in [6.45, 7) is 6.29. The van der Waals surface area contributed by atoms with Gasteiger partial charge in [0.25, 0.3) is 0 Å². The van der Waals surface area contributed by atoms with E-state index in [1.165, 1.54) is 0 Å². The summed E-state index contributed by atoms with van der Waals surface area (Å²) in [4.78, 5) is 27.4. The van der Waals surface area contributed by atoms with Crippen LogP contribution < -0.4 is 10.1 Å². The molecule has 0 aromatic heterocycles. The van der Waals surface area contributed by atoms with Crippen molar-refractivity contribution in [1.29, 1.82) is 0 Å². The van der Waals surface area contributed by atoms with Crippen molar-refractivity contribution in [2.24, 2.45) is 0 Å². The zero-order valence-corrected chi connectivity index (χ0v) is 17.4. The minimum atomic E-state index is -0.520. The number of hydrogen-bond donors (Lipinski definition) is 1. The van der Waals surface area contributed by atoms with Gasteiger partial charge in [-0.25, -0.2) is 0 Å². The molecule has 0 aliphatic rings. The molecule has 0 aliphatic heterocycles. The van der Waals surface area contributed by atoms with E-state index >= 15 is 0 Å². The molecule has 150 valence electrons. The number of benzene rings is 2. The lowest BCUT2D eigenvalue weighted by molar-refractivity contribution is -0.140. The number of nitrogens with zero attached hydrogens (tertiary/aromatic N) is 1. The Morgan fingerprint density at radius 1 is 1.14 bits per heavy atom. The first-order valence-electron chi connectivity index (χ1n) is 9.59. The third-order valence-corrected chi connectivity index (χ3v) is 4.97. The van der Waals surface area contributed by atoms with Gasteiger partial charge < -0.3 is 15.0 Å². The standard InChI is InChI=1S/C23H30N2O3/c1-6-21(23(27)24-4)25(15-18-8-7-9-20(13-18)28-5)22(26)14-19-12-16(2)10-11-17(19)3/h7-13,21H,6,14-15H2,1-5H3,(H,24,27)/t21-/m0/s1. The fraction of sp³-hybridized carbons (Fsp3) is 0.391. The summed E-state index contributed by atoms with van der Waals surface area (Å²) in [6, 6.07) is 13.2. The number of methoxy groups -OCH3 is 1. The lowest BCUT2D eigenvalue weighted by Crippen LogP contribution is -2.48. The van der Waals surface area contributed by atoms with Crippen molar-refractivity contribution in [3.8, 4) is 5.75 Å². The Balaban J connectivity index is 2.34. The molecule has 1 N–H and O–H groups in total. The highest BCUT2D eigenvalue weighted by Crippen LogP contribution is 2.19. The minimum Gasteiger partial charge on any atom is -0.497 e. The highest BCUT2D eigenvalue weighted by Gasteiger charge is 2.28.